The van der Waals surface area contributed by atoms with Gasteiger partial charge in [-0.15, -0.1) is 0 Å². The maximum atomic E-state index is 4.89. The normalized spacial score (nSPS) is 9.48. The first-order valence-electron chi connectivity index (χ1n) is 8.48. The van der Waals surface area contributed by atoms with Gasteiger partial charge in [-0.2, -0.15) is 46.5 Å². The first-order chi connectivity index (χ1) is 11.1. The molecule has 0 radical (unpaired) electrons. The van der Waals surface area contributed by atoms with Crippen molar-refractivity contribution in [1.82, 2.24) is 0 Å². The van der Waals surface area contributed by atoms with Crippen molar-refractivity contribution in [3.05, 3.63) is 58.7 Å². The molecule has 2 aromatic rings. The average molecular weight is 389 g/mol. The van der Waals surface area contributed by atoms with Crippen LogP contribution in [0.4, 0.5) is 0 Å². The van der Waals surface area contributed by atoms with Crippen LogP contribution in [0, 0.1) is 13.8 Å². The Hall–Kier alpha value is -0.00571. The number of rotatable bonds is 6. The molecule has 3 heteroatoms. The monoisotopic (exact) mass is 388 g/mol. The fourth-order valence-corrected chi connectivity index (χ4v) is 2.33. The van der Waals surface area contributed by atoms with E-state index in [0.29, 0.717) is 0 Å². The average Bonchev–Trinajstić information content (AvgIpc) is 3.13. The second-order valence-corrected chi connectivity index (χ2v) is 8.45. The van der Waals surface area contributed by atoms with Gasteiger partial charge in [0.1, 0.15) is 0 Å². The molecule has 0 unspecified atom stereocenters. The number of hydrogen-bond donors (Lipinski definition) is 0. The summed E-state index contributed by atoms with van der Waals surface area (Å²) in [6, 6.07) is 13.4. The molecule has 23 heavy (non-hydrogen) atoms. The molecule has 0 aliphatic carbocycles. The van der Waals surface area contributed by atoms with Crippen molar-refractivity contribution < 1.29 is 17.0 Å². The molecule has 130 valence electrons. The van der Waals surface area contributed by atoms with E-state index in [1.54, 1.807) is 0 Å². The van der Waals surface area contributed by atoms with E-state index in [-0.39, 0.29) is 0 Å². The van der Waals surface area contributed by atoms with E-state index >= 15 is 0 Å². The zero-order chi connectivity index (χ0) is 17.5. The minimum atomic E-state index is -0.556. The van der Waals surface area contributed by atoms with Crippen molar-refractivity contribution in [3.63, 3.8) is 0 Å². The second kappa shape index (κ2) is 15.5. The molecule has 0 N–H and O–H groups in total. The topological polar surface area (TPSA) is 0 Å². The predicted octanol–water partition coefficient (Wildman–Crippen LogP) is 7.49. The third-order valence-electron chi connectivity index (χ3n) is 3.58. The summed E-state index contributed by atoms with van der Waals surface area (Å²) in [5.41, 5.74) is 5.79. The molecule has 0 bridgehead atoms. The molecule has 0 atom stereocenters. The van der Waals surface area contributed by atoms with E-state index in [4.69, 9.17) is 18.6 Å². The molecule has 0 heterocycles. The van der Waals surface area contributed by atoms with Gasteiger partial charge in [0, 0.05) is 0 Å². The molecular weight excluding hydrogens is 359 g/mol. The number of aryl methyl sites for hydroxylation is 4. The van der Waals surface area contributed by atoms with Crippen LogP contribution < -0.4 is 0 Å². The number of halogens is 2. The van der Waals surface area contributed by atoms with Gasteiger partial charge in [0.25, 0.3) is 0 Å². The van der Waals surface area contributed by atoms with Gasteiger partial charge < -0.3 is 0 Å². The van der Waals surface area contributed by atoms with Gasteiger partial charge in [-0.3, -0.25) is 0 Å². The van der Waals surface area contributed by atoms with Crippen LogP contribution in [0.5, 0.6) is 0 Å². The Bertz CT molecular complexity index is 441. The Morgan fingerprint density at radius 3 is 1.39 bits per heavy atom. The van der Waals surface area contributed by atoms with Crippen LogP contribution in [-0.2, 0) is 29.9 Å². The van der Waals surface area contributed by atoms with E-state index < -0.39 is 17.0 Å². The molecule has 0 fully saturated rings. The Morgan fingerprint density at radius 1 is 0.826 bits per heavy atom. The first kappa shape index (κ1) is 23.0. The quantitative estimate of drug-likeness (QED) is 0.355. The maximum absolute atomic E-state index is 4.89. The Morgan fingerprint density at radius 2 is 1.17 bits per heavy atom. The van der Waals surface area contributed by atoms with Crippen LogP contribution in [0.25, 0.3) is 0 Å². The van der Waals surface area contributed by atoms with Gasteiger partial charge >= 0.3 is 35.6 Å². The summed E-state index contributed by atoms with van der Waals surface area (Å²) >= 11 is -0.556. The molecule has 0 aliphatic heterocycles. The standard InChI is InChI=1S/2C10H15.2ClH.Ti/c2*1-3-4-5-10-7-6-9(2)8-10;;;/h2*6-8H,3-5H2,1-2H3;2*1H;/q2*-1;;;+2/p-2. The van der Waals surface area contributed by atoms with E-state index in [1.807, 2.05) is 0 Å². The zero-order valence-corrected chi connectivity index (χ0v) is 18.0. The third-order valence-corrected chi connectivity index (χ3v) is 3.58. The SMILES string of the molecule is CCCCc1cc[c-](C)c1.CCCCc1cc[c-](C)c1.[Cl][Ti][Cl]. The molecule has 0 amide bonds. The molecule has 2 aromatic carbocycles. The van der Waals surface area contributed by atoms with Crippen molar-refractivity contribution in [1.29, 1.82) is 0 Å². The van der Waals surface area contributed by atoms with Gasteiger partial charge in [-0.1, -0.05) is 66.2 Å². The fourth-order valence-electron chi connectivity index (χ4n) is 2.33. The van der Waals surface area contributed by atoms with Crippen LogP contribution in [0.1, 0.15) is 61.8 Å². The Balaban J connectivity index is 0.000000360. The molecule has 0 aliphatic rings. The molecular formula is C20H30Cl2Ti-2. The number of unbranched alkanes of at least 4 members (excludes halogenated alkanes) is 2. The first-order valence-corrected chi connectivity index (χ1v) is 12.8. The van der Waals surface area contributed by atoms with Crippen molar-refractivity contribution in [3.8, 4) is 0 Å². The predicted molar refractivity (Wildman–Crippen MR) is 102 cm³/mol. The van der Waals surface area contributed by atoms with Crippen molar-refractivity contribution in [2.75, 3.05) is 0 Å². The Kier molecular flexibility index (Phi) is 15.5. The summed E-state index contributed by atoms with van der Waals surface area (Å²) < 4.78 is 0. The van der Waals surface area contributed by atoms with Crippen molar-refractivity contribution in [2.45, 2.75) is 66.2 Å². The third kappa shape index (κ3) is 13.0. The number of hydrogen-bond acceptors (Lipinski definition) is 0. The van der Waals surface area contributed by atoms with E-state index in [9.17, 15) is 0 Å². The summed E-state index contributed by atoms with van der Waals surface area (Å²) in [6.07, 6.45) is 7.75. The van der Waals surface area contributed by atoms with Gasteiger partial charge in [-0.05, 0) is 0 Å². The fraction of sp³-hybridized carbons (Fsp3) is 0.500. The summed E-state index contributed by atoms with van der Waals surface area (Å²) in [7, 11) is 9.78. The van der Waals surface area contributed by atoms with E-state index in [1.165, 1.54) is 60.8 Å². The van der Waals surface area contributed by atoms with Crippen LogP contribution in [0.2, 0.25) is 0 Å². The van der Waals surface area contributed by atoms with Crippen LogP contribution in [0.15, 0.2) is 36.4 Å². The van der Waals surface area contributed by atoms with Gasteiger partial charge in [0.05, 0.1) is 0 Å². The molecule has 0 aromatic heterocycles. The molecule has 2 rings (SSSR count). The minimum absolute atomic E-state index is 0.556. The zero-order valence-electron chi connectivity index (χ0n) is 15.0. The van der Waals surface area contributed by atoms with Crippen LogP contribution in [0.3, 0.4) is 0 Å². The molecule has 0 saturated heterocycles. The van der Waals surface area contributed by atoms with Crippen molar-refractivity contribution >= 4 is 18.6 Å². The molecule has 0 spiro atoms. The van der Waals surface area contributed by atoms with E-state index in [0.717, 1.165) is 0 Å². The summed E-state index contributed by atoms with van der Waals surface area (Å²) in [5, 5.41) is 0. The van der Waals surface area contributed by atoms with Gasteiger partial charge in [-0.25, -0.2) is 12.1 Å². The van der Waals surface area contributed by atoms with Crippen LogP contribution >= 0.6 is 18.6 Å². The second-order valence-electron chi connectivity index (χ2n) is 5.87. The van der Waals surface area contributed by atoms with Gasteiger partial charge in [0.2, 0.25) is 0 Å². The van der Waals surface area contributed by atoms with Gasteiger partial charge in [0.15, 0.2) is 0 Å². The summed E-state index contributed by atoms with van der Waals surface area (Å²) in [4.78, 5) is 0. The molecule has 0 saturated carbocycles. The summed E-state index contributed by atoms with van der Waals surface area (Å²) in [5.74, 6) is 0. The van der Waals surface area contributed by atoms with E-state index in [2.05, 4.69) is 64.1 Å². The van der Waals surface area contributed by atoms with Crippen molar-refractivity contribution in [2.24, 2.45) is 0 Å². The Labute approximate surface area is 160 Å². The summed E-state index contributed by atoms with van der Waals surface area (Å²) in [6.45, 7) is 8.76. The molecule has 0 nitrogen and oxygen atoms in total. The van der Waals surface area contributed by atoms with Crippen LogP contribution in [-0.4, -0.2) is 0 Å².